The Morgan fingerprint density at radius 1 is 1.22 bits per heavy atom. The van der Waals surface area contributed by atoms with E-state index in [0.717, 1.165) is 5.75 Å². The highest BCUT2D eigenvalue weighted by Gasteiger charge is 2.24. The summed E-state index contributed by atoms with van der Waals surface area (Å²) in [5.41, 5.74) is 9.83. The summed E-state index contributed by atoms with van der Waals surface area (Å²) < 4.78 is 5.37. The number of benzene rings is 1. The monoisotopic (exact) mass is 248 g/mol. The standard InChI is InChI=1S/C15H24N2O/c1-11-9-15(18-3)12(2)8-13(11)14(10-16)17-6-4-5-7-17/h8-9,14H,4-7,10,16H2,1-3H3. The van der Waals surface area contributed by atoms with Crippen molar-refractivity contribution in [3.63, 3.8) is 0 Å². The number of ether oxygens (including phenoxy) is 1. The molecule has 1 saturated heterocycles. The molecule has 0 spiro atoms. The molecule has 1 unspecified atom stereocenters. The Labute approximate surface area is 110 Å². The maximum absolute atomic E-state index is 6.00. The molecule has 0 radical (unpaired) electrons. The van der Waals surface area contributed by atoms with Crippen LogP contribution in [-0.2, 0) is 0 Å². The summed E-state index contributed by atoms with van der Waals surface area (Å²) in [7, 11) is 1.72. The molecule has 18 heavy (non-hydrogen) atoms. The third-order valence-electron chi connectivity index (χ3n) is 3.95. The van der Waals surface area contributed by atoms with Gasteiger partial charge in [-0.3, -0.25) is 4.90 Å². The molecule has 1 heterocycles. The summed E-state index contributed by atoms with van der Waals surface area (Å²) in [6, 6.07) is 4.73. The summed E-state index contributed by atoms with van der Waals surface area (Å²) in [4.78, 5) is 2.51. The van der Waals surface area contributed by atoms with Gasteiger partial charge >= 0.3 is 0 Å². The molecule has 0 aromatic heterocycles. The molecule has 3 heteroatoms. The van der Waals surface area contributed by atoms with Gasteiger partial charge in [0.05, 0.1) is 7.11 Å². The zero-order valence-electron chi connectivity index (χ0n) is 11.7. The molecule has 0 amide bonds. The van der Waals surface area contributed by atoms with Gasteiger partial charge in [-0.25, -0.2) is 0 Å². The van der Waals surface area contributed by atoms with Gasteiger partial charge in [0.1, 0.15) is 5.75 Å². The van der Waals surface area contributed by atoms with Gasteiger partial charge in [0, 0.05) is 12.6 Å². The van der Waals surface area contributed by atoms with E-state index in [0.29, 0.717) is 12.6 Å². The fourth-order valence-corrected chi connectivity index (χ4v) is 2.92. The molecule has 2 N–H and O–H groups in total. The van der Waals surface area contributed by atoms with E-state index < -0.39 is 0 Å². The topological polar surface area (TPSA) is 38.5 Å². The van der Waals surface area contributed by atoms with Crippen LogP contribution in [0.3, 0.4) is 0 Å². The van der Waals surface area contributed by atoms with Gasteiger partial charge in [0.25, 0.3) is 0 Å². The zero-order chi connectivity index (χ0) is 13.1. The predicted molar refractivity (Wildman–Crippen MR) is 75.1 cm³/mol. The Morgan fingerprint density at radius 3 is 2.44 bits per heavy atom. The van der Waals surface area contributed by atoms with Gasteiger partial charge in [0.2, 0.25) is 0 Å². The second kappa shape index (κ2) is 5.72. The molecule has 1 aliphatic heterocycles. The van der Waals surface area contributed by atoms with E-state index >= 15 is 0 Å². The Bertz CT molecular complexity index is 411. The molecular weight excluding hydrogens is 224 g/mol. The van der Waals surface area contributed by atoms with Crippen LogP contribution in [0, 0.1) is 13.8 Å². The van der Waals surface area contributed by atoms with Crippen LogP contribution in [0.15, 0.2) is 12.1 Å². The van der Waals surface area contributed by atoms with Crippen molar-refractivity contribution in [3.05, 3.63) is 28.8 Å². The van der Waals surface area contributed by atoms with Crippen molar-refractivity contribution in [2.45, 2.75) is 32.7 Å². The van der Waals surface area contributed by atoms with Crippen molar-refractivity contribution < 1.29 is 4.74 Å². The van der Waals surface area contributed by atoms with Crippen LogP contribution >= 0.6 is 0 Å². The quantitative estimate of drug-likeness (QED) is 0.889. The maximum Gasteiger partial charge on any atom is 0.122 e. The van der Waals surface area contributed by atoms with Crippen molar-refractivity contribution in [2.75, 3.05) is 26.7 Å². The van der Waals surface area contributed by atoms with Gasteiger partial charge in [-0.15, -0.1) is 0 Å². The second-order valence-corrected chi connectivity index (χ2v) is 5.17. The van der Waals surface area contributed by atoms with Gasteiger partial charge < -0.3 is 10.5 Å². The average Bonchev–Trinajstić information content (AvgIpc) is 2.87. The first-order chi connectivity index (χ1) is 8.67. The van der Waals surface area contributed by atoms with Gasteiger partial charge in [-0.05, 0) is 62.5 Å². The first-order valence-electron chi connectivity index (χ1n) is 6.76. The third kappa shape index (κ3) is 2.52. The van der Waals surface area contributed by atoms with Gasteiger partial charge in [0.15, 0.2) is 0 Å². The van der Waals surface area contributed by atoms with E-state index in [4.69, 9.17) is 10.5 Å². The zero-order valence-corrected chi connectivity index (χ0v) is 11.7. The number of methoxy groups -OCH3 is 1. The number of nitrogens with two attached hydrogens (primary N) is 1. The summed E-state index contributed by atoms with van der Waals surface area (Å²) in [5.74, 6) is 0.966. The van der Waals surface area contributed by atoms with E-state index in [2.05, 4.69) is 30.9 Å². The molecule has 1 atom stereocenters. The highest BCUT2D eigenvalue weighted by molar-refractivity contribution is 5.43. The Kier molecular flexibility index (Phi) is 4.25. The van der Waals surface area contributed by atoms with E-state index in [1.165, 1.54) is 42.6 Å². The predicted octanol–water partition coefficient (Wildman–Crippen LogP) is 2.41. The van der Waals surface area contributed by atoms with Crippen molar-refractivity contribution in [2.24, 2.45) is 5.73 Å². The summed E-state index contributed by atoms with van der Waals surface area (Å²) >= 11 is 0. The Balaban J connectivity index is 2.32. The number of hydrogen-bond donors (Lipinski definition) is 1. The van der Waals surface area contributed by atoms with Crippen LogP contribution in [0.1, 0.15) is 35.6 Å². The smallest absolute Gasteiger partial charge is 0.122 e. The van der Waals surface area contributed by atoms with Crippen molar-refractivity contribution in [1.82, 2.24) is 4.90 Å². The van der Waals surface area contributed by atoms with E-state index in [9.17, 15) is 0 Å². The van der Waals surface area contributed by atoms with Crippen LogP contribution in [0.4, 0.5) is 0 Å². The van der Waals surface area contributed by atoms with Gasteiger partial charge in [-0.1, -0.05) is 6.07 Å². The fourth-order valence-electron chi connectivity index (χ4n) is 2.92. The van der Waals surface area contributed by atoms with Crippen molar-refractivity contribution in [3.8, 4) is 5.75 Å². The number of rotatable bonds is 4. The van der Waals surface area contributed by atoms with E-state index in [1.54, 1.807) is 7.11 Å². The minimum absolute atomic E-state index is 0.358. The first kappa shape index (κ1) is 13.4. The van der Waals surface area contributed by atoms with Crippen molar-refractivity contribution >= 4 is 0 Å². The van der Waals surface area contributed by atoms with E-state index in [1.807, 2.05) is 0 Å². The molecule has 3 nitrogen and oxygen atoms in total. The molecule has 0 bridgehead atoms. The number of likely N-dealkylation sites (tertiary alicyclic amines) is 1. The molecule has 1 aromatic rings. The van der Waals surface area contributed by atoms with Crippen LogP contribution in [-0.4, -0.2) is 31.6 Å². The normalized spacial score (nSPS) is 18.0. The molecule has 1 aromatic carbocycles. The van der Waals surface area contributed by atoms with Crippen LogP contribution < -0.4 is 10.5 Å². The molecule has 1 aliphatic rings. The summed E-state index contributed by atoms with van der Waals surface area (Å²) in [5, 5.41) is 0. The molecular formula is C15H24N2O. The lowest BCUT2D eigenvalue weighted by atomic mass is 9.97. The highest BCUT2D eigenvalue weighted by atomic mass is 16.5. The number of hydrogen-bond acceptors (Lipinski definition) is 3. The molecule has 2 rings (SSSR count). The average molecular weight is 248 g/mol. The lowest BCUT2D eigenvalue weighted by molar-refractivity contribution is 0.250. The van der Waals surface area contributed by atoms with Crippen molar-refractivity contribution in [1.29, 1.82) is 0 Å². The SMILES string of the molecule is COc1cc(C)c(C(CN)N2CCCC2)cc1C. The minimum Gasteiger partial charge on any atom is -0.496 e. The summed E-state index contributed by atoms with van der Waals surface area (Å²) in [6.07, 6.45) is 2.59. The molecule has 1 fully saturated rings. The number of aryl methyl sites for hydroxylation is 2. The largest absolute Gasteiger partial charge is 0.496 e. The lowest BCUT2D eigenvalue weighted by Crippen LogP contribution is -2.32. The molecule has 100 valence electrons. The van der Waals surface area contributed by atoms with Crippen LogP contribution in [0.5, 0.6) is 5.75 Å². The second-order valence-electron chi connectivity index (χ2n) is 5.17. The van der Waals surface area contributed by atoms with Crippen LogP contribution in [0.2, 0.25) is 0 Å². The Morgan fingerprint density at radius 2 is 1.89 bits per heavy atom. The fraction of sp³-hybridized carbons (Fsp3) is 0.600. The Hall–Kier alpha value is -1.06. The summed E-state index contributed by atoms with van der Waals surface area (Å²) in [6.45, 7) is 7.28. The van der Waals surface area contributed by atoms with E-state index in [-0.39, 0.29) is 0 Å². The molecule has 0 aliphatic carbocycles. The first-order valence-corrected chi connectivity index (χ1v) is 6.76. The highest BCUT2D eigenvalue weighted by Crippen LogP contribution is 2.31. The molecule has 0 saturated carbocycles. The third-order valence-corrected chi connectivity index (χ3v) is 3.95. The lowest BCUT2D eigenvalue weighted by Gasteiger charge is -2.28. The van der Waals surface area contributed by atoms with Crippen LogP contribution in [0.25, 0.3) is 0 Å². The van der Waals surface area contributed by atoms with Gasteiger partial charge in [-0.2, -0.15) is 0 Å². The number of nitrogens with zero attached hydrogens (tertiary/aromatic N) is 1. The maximum atomic E-state index is 6.00. The minimum atomic E-state index is 0.358.